The Balaban J connectivity index is 1.49. The molecule has 3 rings (SSSR count). The molecule has 28 heavy (non-hydrogen) atoms. The van der Waals surface area contributed by atoms with E-state index < -0.39 is 0 Å². The van der Waals surface area contributed by atoms with Crippen molar-refractivity contribution in [2.75, 3.05) is 26.2 Å². The maximum absolute atomic E-state index is 12.7. The number of hydrogen-bond donors (Lipinski definition) is 1. The van der Waals surface area contributed by atoms with Gasteiger partial charge in [0.25, 0.3) is 5.91 Å². The van der Waals surface area contributed by atoms with Crippen LogP contribution in [0, 0.1) is 11.3 Å². The van der Waals surface area contributed by atoms with Crippen molar-refractivity contribution >= 4 is 21.8 Å². The molecule has 1 amide bonds. The van der Waals surface area contributed by atoms with Crippen LogP contribution in [0.5, 0.6) is 0 Å². The van der Waals surface area contributed by atoms with Crippen LogP contribution < -0.4 is 5.32 Å². The minimum absolute atomic E-state index is 0.147. The van der Waals surface area contributed by atoms with Crippen LogP contribution in [0.2, 0.25) is 0 Å². The maximum Gasteiger partial charge on any atom is 0.266 e. The third-order valence-electron chi connectivity index (χ3n) is 4.73. The lowest BCUT2D eigenvalue weighted by Crippen LogP contribution is -2.48. The molecule has 0 bridgehead atoms. The lowest BCUT2D eigenvalue weighted by atomic mass is 10.2. The lowest BCUT2D eigenvalue weighted by Gasteiger charge is -2.34. The van der Waals surface area contributed by atoms with E-state index in [4.69, 9.17) is 0 Å². The highest BCUT2D eigenvalue weighted by atomic mass is 79.9. The Hall–Kier alpha value is -2.62. The quantitative estimate of drug-likeness (QED) is 0.555. The van der Waals surface area contributed by atoms with Crippen LogP contribution in [0.3, 0.4) is 0 Å². The summed E-state index contributed by atoms with van der Waals surface area (Å²) < 4.78 is 1.02. The number of hydrogen-bond acceptors (Lipinski definition) is 4. The van der Waals surface area contributed by atoms with Gasteiger partial charge in [-0.25, -0.2) is 0 Å². The lowest BCUT2D eigenvalue weighted by molar-refractivity contribution is -0.128. The molecule has 6 heteroatoms. The number of halogens is 1. The van der Waals surface area contributed by atoms with Gasteiger partial charge in [0.2, 0.25) is 0 Å². The molecule has 1 fully saturated rings. The van der Waals surface area contributed by atoms with E-state index in [2.05, 4.69) is 38.3 Å². The van der Waals surface area contributed by atoms with Gasteiger partial charge in [-0.1, -0.05) is 58.4 Å². The summed E-state index contributed by atoms with van der Waals surface area (Å²) in [4.78, 5) is 16.7. The summed E-state index contributed by atoms with van der Waals surface area (Å²) in [5.41, 5.74) is 2.50. The largest absolute Gasteiger partial charge is 0.386 e. The van der Waals surface area contributed by atoms with Crippen molar-refractivity contribution in [2.45, 2.75) is 13.1 Å². The van der Waals surface area contributed by atoms with Gasteiger partial charge in [0, 0.05) is 49.9 Å². The molecule has 0 spiro atoms. The number of nitrogens with zero attached hydrogens (tertiary/aromatic N) is 3. The van der Waals surface area contributed by atoms with Crippen LogP contribution in [0.15, 0.2) is 70.8 Å². The van der Waals surface area contributed by atoms with Gasteiger partial charge in [-0.3, -0.25) is 9.69 Å². The smallest absolute Gasteiger partial charge is 0.266 e. The van der Waals surface area contributed by atoms with Crippen molar-refractivity contribution in [1.82, 2.24) is 15.1 Å². The summed E-state index contributed by atoms with van der Waals surface area (Å²) in [7, 11) is 0. The Morgan fingerprint density at radius 2 is 1.71 bits per heavy atom. The molecule has 0 atom stereocenters. The van der Waals surface area contributed by atoms with E-state index in [0.717, 1.165) is 29.7 Å². The third kappa shape index (κ3) is 5.69. The number of carbonyl (C=O) groups excluding carboxylic acids is 1. The van der Waals surface area contributed by atoms with Gasteiger partial charge in [-0.15, -0.1) is 0 Å². The summed E-state index contributed by atoms with van der Waals surface area (Å²) in [6.45, 7) is 4.35. The van der Waals surface area contributed by atoms with E-state index in [9.17, 15) is 10.1 Å². The van der Waals surface area contributed by atoms with Gasteiger partial charge < -0.3 is 10.2 Å². The number of rotatable bonds is 6. The molecule has 0 aliphatic carbocycles. The minimum atomic E-state index is -0.204. The van der Waals surface area contributed by atoms with Crippen LogP contribution in [-0.4, -0.2) is 41.9 Å². The van der Waals surface area contributed by atoms with Crippen molar-refractivity contribution in [1.29, 1.82) is 5.26 Å². The first-order chi connectivity index (χ1) is 13.7. The topological polar surface area (TPSA) is 59.4 Å². The Labute approximate surface area is 174 Å². The predicted octanol–water partition coefficient (Wildman–Crippen LogP) is 3.29. The number of nitriles is 1. The normalized spacial score (nSPS) is 15.1. The van der Waals surface area contributed by atoms with Crippen LogP contribution in [-0.2, 0) is 17.9 Å². The zero-order valence-electron chi connectivity index (χ0n) is 15.6. The standard InChI is InChI=1S/C22H23BrN4O/c23-21-8-6-18(7-9-21)15-25-16-20(14-24)22(28)27-12-10-26(11-13-27)17-19-4-2-1-3-5-19/h1-9,16,25H,10-13,15,17H2/b20-16-. The Morgan fingerprint density at radius 1 is 1.04 bits per heavy atom. The second-order valence-electron chi connectivity index (χ2n) is 6.73. The van der Waals surface area contributed by atoms with Gasteiger partial charge in [-0.2, -0.15) is 5.26 Å². The highest BCUT2D eigenvalue weighted by Crippen LogP contribution is 2.12. The van der Waals surface area contributed by atoms with Crippen LogP contribution in [0.4, 0.5) is 0 Å². The summed E-state index contributed by atoms with van der Waals surface area (Å²) in [5, 5.41) is 12.5. The van der Waals surface area contributed by atoms with Gasteiger partial charge in [0.05, 0.1) is 0 Å². The van der Waals surface area contributed by atoms with Crippen molar-refractivity contribution in [3.63, 3.8) is 0 Å². The highest BCUT2D eigenvalue weighted by Gasteiger charge is 2.23. The van der Waals surface area contributed by atoms with Gasteiger partial charge in [-0.05, 0) is 23.3 Å². The van der Waals surface area contributed by atoms with Gasteiger partial charge >= 0.3 is 0 Å². The van der Waals surface area contributed by atoms with E-state index in [1.165, 1.54) is 11.8 Å². The third-order valence-corrected chi connectivity index (χ3v) is 5.25. The molecular formula is C22H23BrN4O. The second-order valence-corrected chi connectivity index (χ2v) is 7.65. The Kier molecular flexibility index (Phi) is 7.24. The first-order valence-electron chi connectivity index (χ1n) is 9.29. The Bertz CT molecular complexity index is 850. The highest BCUT2D eigenvalue weighted by molar-refractivity contribution is 9.10. The van der Waals surface area contributed by atoms with Crippen molar-refractivity contribution < 1.29 is 4.79 Å². The van der Waals surface area contributed by atoms with Gasteiger partial charge in [0.15, 0.2) is 0 Å². The SMILES string of the molecule is N#C/C(=C/NCc1ccc(Br)cc1)C(=O)N1CCN(Cc2ccccc2)CC1. The molecule has 0 radical (unpaired) electrons. The van der Waals surface area contributed by atoms with E-state index in [1.807, 2.05) is 48.5 Å². The molecule has 1 heterocycles. The van der Waals surface area contributed by atoms with Crippen LogP contribution in [0.1, 0.15) is 11.1 Å². The van der Waals surface area contributed by atoms with E-state index in [-0.39, 0.29) is 11.5 Å². The molecule has 1 aliphatic rings. The van der Waals surface area contributed by atoms with E-state index in [0.29, 0.717) is 19.6 Å². The van der Waals surface area contributed by atoms with E-state index in [1.54, 1.807) is 4.90 Å². The first kappa shape index (κ1) is 20.1. The molecule has 2 aromatic rings. The maximum atomic E-state index is 12.7. The predicted molar refractivity (Wildman–Crippen MR) is 113 cm³/mol. The van der Waals surface area contributed by atoms with Gasteiger partial charge in [0.1, 0.15) is 11.6 Å². The summed E-state index contributed by atoms with van der Waals surface area (Å²) in [5.74, 6) is -0.204. The molecular weight excluding hydrogens is 416 g/mol. The molecule has 0 unspecified atom stereocenters. The number of benzene rings is 2. The molecule has 144 valence electrons. The molecule has 1 saturated heterocycles. The average Bonchev–Trinajstić information content (AvgIpc) is 2.73. The molecule has 1 N–H and O–H groups in total. The number of piperazine rings is 1. The number of carbonyl (C=O) groups is 1. The average molecular weight is 439 g/mol. The monoisotopic (exact) mass is 438 g/mol. The number of nitrogens with one attached hydrogen (secondary N) is 1. The van der Waals surface area contributed by atoms with E-state index >= 15 is 0 Å². The Morgan fingerprint density at radius 3 is 2.36 bits per heavy atom. The molecule has 1 aliphatic heterocycles. The van der Waals surface area contributed by atoms with Crippen LogP contribution in [0.25, 0.3) is 0 Å². The molecule has 5 nitrogen and oxygen atoms in total. The fraction of sp³-hybridized carbons (Fsp3) is 0.273. The zero-order valence-corrected chi connectivity index (χ0v) is 17.2. The van der Waals surface area contributed by atoms with Crippen LogP contribution >= 0.6 is 15.9 Å². The van der Waals surface area contributed by atoms with Crippen molar-refractivity contribution in [3.05, 3.63) is 82.0 Å². The summed E-state index contributed by atoms with van der Waals surface area (Å²) in [6.07, 6.45) is 1.53. The molecule has 0 saturated carbocycles. The number of amides is 1. The first-order valence-corrected chi connectivity index (χ1v) is 10.1. The summed E-state index contributed by atoms with van der Waals surface area (Å²) >= 11 is 3.40. The minimum Gasteiger partial charge on any atom is -0.386 e. The fourth-order valence-electron chi connectivity index (χ4n) is 3.14. The molecule has 0 aromatic heterocycles. The zero-order chi connectivity index (χ0) is 19.8. The van der Waals surface area contributed by atoms with Crippen molar-refractivity contribution in [2.24, 2.45) is 0 Å². The second kappa shape index (κ2) is 10.1. The fourth-order valence-corrected chi connectivity index (χ4v) is 3.40. The molecule has 2 aromatic carbocycles. The summed E-state index contributed by atoms with van der Waals surface area (Å²) in [6, 6.07) is 20.3. The van der Waals surface area contributed by atoms with Crippen molar-refractivity contribution in [3.8, 4) is 6.07 Å².